The highest BCUT2D eigenvalue weighted by Crippen LogP contribution is 2.40. The number of benzene rings is 1. The summed E-state index contributed by atoms with van der Waals surface area (Å²) in [6, 6.07) is 6.56. The van der Waals surface area contributed by atoms with Crippen LogP contribution in [0.1, 0.15) is 18.4 Å². The van der Waals surface area contributed by atoms with Crippen LogP contribution < -0.4 is 10.2 Å². The molecule has 5 rings (SSSR count). The summed E-state index contributed by atoms with van der Waals surface area (Å²) in [5.41, 5.74) is 2.52. The Hall–Kier alpha value is -3.47. The molecule has 4 heterocycles. The first-order valence-corrected chi connectivity index (χ1v) is 11.3. The van der Waals surface area contributed by atoms with Gasteiger partial charge >= 0.3 is 6.18 Å². The van der Waals surface area contributed by atoms with E-state index in [-0.39, 0.29) is 25.5 Å². The van der Waals surface area contributed by atoms with Crippen molar-refractivity contribution in [1.29, 1.82) is 0 Å². The number of carbonyl (C=O) groups is 1. The SMILES string of the molecule is Cn1cc(-c2cc3c(cc2F)Nc2ncccc2CN3C(=O)C2CCN(CC(F)(F)F)CC2)cn1. The molecule has 0 aliphatic carbocycles. The number of anilines is 3. The van der Waals surface area contributed by atoms with Crippen molar-refractivity contribution < 1.29 is 22.4 Å². The lowest BCUT2D eigenvalue weighted by atomic mass is 9.94. The molecule has 0 radical (unpaired) electrons. The number of nitrogens with zero attached hydrogens (tertiary/aromatic N) is 5. The van der Waals surface area contributed by atoms with Crippen LogP contribution in [-0.2, 0) is 18.4 Å². The average Bonchev–Trinajstić information content (AvgIpc) is 3.16. The van der Waals surface area contributed by atoms with E-state index in [1.807, 2.05) is 6.07 Å². The van der Waals surface area contributed by atoms with Gasteiger partial charge in [0.15, 0.2) is 0 Å². The first kappa shape index (κ1) is 23.3. The first-order chi connectivity index (χ1) is 16.7. The van der Waals surface area contributed by atoms with E-state index in [0.717, 1.165) is 5.56 Å². The highest BCUT2D eigenvalue weighted by molar-refractivity contribution is 6.00. The van der Waals surface area contributed by atoms with Gasteiger partial charge in [0.1, 0.15) is 11.6 Å². The van der Waals surface area contributed by atoms with Crippen molar-refractivity contribution in [3.05, 3.63) is 54.2 Å². The summed E-state index contributed by atoms with van der Waals surface area (Å²) >= 11 is 0. The van der Waals surface area contributed by atoms with Gasteiger partial charge in [0.2, 0.25) is 5.91 Å². The van der Waals surface area contributed by atoms with Gasteiger partial charge < -0.3 is 10.2 Å². The summed E-state index contributed by atoms with van der Waals surface area (Å²) in [7, 11) is 1.73. The Balaban J connectivity index is 1.49. The van der Waals surface area contributed by atoms with E-state index in [9.17, 15) is 18.0 Å². The lowest BCUT2D eigenvalue weighted by Gasteiger charge is -2.34. The molecule has 0 unspecified atom stereocenters. The largest absolute Gasteiger partial charge is 0.401 e. The maximum absolute atomic E-state index is 15.1. The second-order valence-electron chi connectivity index (χ2n) is 8.98. The van der Waals surface area contributed by atoms with E-state index in [1.165, 1.54) is 11.0 Å². The first-order valence-electron chi connectivity index (χ1n) is 11.3. The minimum Gasteiger partial charge on any atom is -0.338 e. The number of aromatic nitrogens is 3. The lowest BCUT2D eigenvalue weighted by molar-refractivity contribution is -0.149. The zero-order valence-electron chi connectivity index (χ0n) is 19.0. The van der Waals surface area contributed by atoms with Gasteiger partial charge in [0, 0.05) is 48.1 Å². The molecule has 1 aromatic carbocycles. The van der Waals surface area contributed by atoms with Gasteiger partial charge in [-0.2, -0.15) is 18.3 Å². The summed E-state index contributed by atoms with van der Waals surface area (Å²) in [6.07, 6.45) is 1.23. The van der Waals surface area contributed by atoms with Crippen molar-refractivity contribution in [2.24, 2.45) is 13.0 Å². The van der Waals surface area contributed by atoms with Crippen LogP contribution in [0.15, 0.2) is 42.9 Å². The van der Waals surface area contributed by atoms with Gasteiger partial charge in [0.25, 0.3) is 0 Å². The molecule has 1 N–H and O–H groups in total. The summed E-state index contributed by atoms with van der Waals surface area (Å²) in [5, 5.41) is 7.27. The fraction of sp³-hybridized carbons (Fsp3) is 0.375. The molecule has 2 aromatic heterocycles. The molecule has 1 amide bonds. The molecule has 11 heteroatoms. The molecule has 7 nitrogen and oxygen atoms in total. The number of piperidine rings is 1. The maximum atomic E-state index is 15.1. The number of amides is 1. The number of aryl methyl sites for hydroxylation is 1. The molecule has 2 aliphatic heterocycles. The zero-order valence-corrected chi connectivity index (χ0v) is 19.0. The molecular formula is C24H24F4N6O. The predicted molar refractivity (Wildman–Crippen MR) is 123 cm³/mol. The summed E-state index contributed by atoms with van der Waals surface area (Å²) in [4.78, 5) is 21.0. The van der Waals surface area contributed by atoms with Crippen LogP contribution in [0.3, 0.4) is 0 Å². The van der Waals surface area contributed by atoms with E-state index in [1.54, 1.807) is 47.4 Å². The van der Waals surface area contributed by atoms with Crippen molar-refractivity contribution >= 4 is 23.1 Å². The topological polar surface area (TPSA) is 66.3 Å². The minimum atomic E-state index is -4.27. The third-order valence-corrected chi connectivity index (χ3v) is 6.47. The van der Waals surface area contributed by atoms with E-state index < -0.39 is 24.5 Å². The van der Waals surface area contributed by atoms with Gasteiger partial charge in [-0.15, -0.1) is 0 Å². The van der Waals surface area contributed by atoms with Crippen LogP contribution in [-0.4, -0.2) is 51.4 Å². The zero-order chi connectivity index (χ0) is 24.7. The molecule has 0 bridgehead atoms. The van der Waals surface area contributed by atoms with Crippen LogP contribution >= 0.6 is 0 Å². The number of hydrogen-bond acceptors (Lipinski definition) is 5. The second-order valence-corrected chi connectivity index (χ2v) is 8.98. The smallest absolute Gasteiger partial charge is 0.338 e. The number of alkyl halides is 3. The molecule has 1 fully saturated rings. The minimum absolute atomic E-state index is 0.192. The predicted octanol–water partition coefficient (Wildman–Crippen LogP) is 4.49. The fourth-order valence-electron chi connectivity index (χ4n) is 4.74. The fourth-order valence-corrected chi connectivity index (χ4v) is 4.74. The van der Waals surface area contributed by atoms with Crippen LogP contribution in [0.4, 0.5) is 34.8 Å². The van der Waals surface area contributed by atoms with Crippen molar-refractivity contribution in [2.75, 3.05) is 29.9 Å². The number of carbonyl (C=O) groups excluding carboxylic acids is 1. The van der Waals surface area contributed by atoms with Gasteiger partial charge in [0.05, 0.1) is 30.7 Å². The van der Waals surface area contributed by atoms with Crippen molar-refractivity contribution in [3.8, 4) is 11.1 Å². The third-order valence-electron chi connectivity index (χ3n) is 6.47. The monoisotopic (exact) mass is 488 g/mol. The van der Waals surface area contributed by atoms with Crippen LogP contribution in [0, 0.1) is 11.7 Å². The third kappa shape index (κ3) is 4.86. The summed E-state index contributed by atoms with van der Waals surface area (Å²) < 4.78 is 55.1. The van der Waals surface area contributed by atoms with Crippen LogP contribution in [0.25, 0.3) is 11.1 Å². The van der Waals surface area contributed by atoms with Crippen molar-refractivity contribution in [3.63, 3.8) is 0 Å². The highest BCUT2D eigenvalue weighted by Gasteiger charge is 2.36. The Morgan fingerprint density at radius 2 is 2.00 bits per heavy atom. The maximum Gasteiger partial charge on any atom is 0.401 e. The molecule has 0 spiro atoms. The molecule has 0 atom stereocenters. The van der Waals surface area contributed by atoms with E-state index in [2.05, 4.69) is 15.4 Å². The molecule has 1 saturated heterocycles. The highest BCUT2D eigenvalue weighted by atomic mass is 19.4. The molecule has 2 aliphatic rings. The van der Waals surface area contributed by atoms with Gasteiger partial charge in [-0.3, -0.25) is 14.4 Å². The number of rotatable bonds is 3. The van der Waals surface area contributed by atoms with E-state index in [4.69, 9.17) is 0 Å². The normalized spacial score (nSPS) is 16.9. The summed E-state index contributed by atoms with van der Waals surface area (Å²) in [5.74, 6) is -0.577. The molecule has 0 saturated carbocycles. The Morgan fingerprint density at radius 1 is 1.23 bits per heavy atom. The lowest BCUT2D eigenvalue weighted by Crippen LogP contribution is -2.45. The Bertz CT molecular complexity index is 1250. The van der Waals surface area contributed by atoms with Gasteiger partial charge in [-0.1, -0.05) is 6.07 Å². The van der Waals surface area contributed by atoms with Crippen LogP contribution in [0.2, 0.25) is 0 Å². The Morgan fingerprint density at radius 3 is 2.69 bits per heavy atom. The molecular weight excluding hydrogens is 464 g/mol. The average molecular weight is 488 g/mol. The molecule has 3 aromatic rings. The Kier molecular flexibility index (Phi) is 5.96. The quantitative estimate of drug-likeness (QED) is 0.551. The van der Waals surface area contributed by atoms with Gasteiger partial charge in [-0.05, 0) is 38.1 Å². The van der Waals surface area contributed by atoms with E-state index in [0.29, 0.717) is 41.2 Å². The second kappa shape index (κ2) is 8.95. The number of fused-ring (bicyclic) bond motifs is 2. The van der Waals surface area contributed by atoms with Crippen molar-refractivity contribution in [2.45, 2.75) is 25.6 Å². The van der Waals surface area contributed by atoms with Crippen LogP contribution in [0.5, 0.6) is 0 Å². The van der Waals surface area contributed by atoms with E-state index >= 15 is 4.39 Å². The number of hydrogen-bond donors (Lipinski definition) is 1. The number of likely N-dealkylation sites (tertiary alicyclic amines) is 1. The van der Waals surface area contributed by atoms with Gasteiger partial charge in [-0.25, -0.2) is 9.37 Å². The number of pyridine rings is 1. The molecule has 35 heavy (non-hydrogen) atoms. The Labute approximate surface area is 199 Å². The van der Waals surface area contributed by atoms with Crippen molar-refractivity contribution in [1.82, 2.24) is 19.7 Å². The number of nitrogens with one attached hydrogen (secondary N) is 1. The summed E-state index contributed by atoms with van der Waals surface area (Å²) in [6.45, 7) is -0.380. The molecule has 184 valence electrons. The standard InChI is InChI=1S/C24H24F4N6O/c1-32-12-17(11-30-32)18-9-21-20(10-19(18)25)31-22-16(3-2-6-29-22)13-34(21)23(35)15-4-7-33(8-5-15)14-24(26,27)28/h2-3,6,9-12,15H,4-5,7-8,13-14H2,1H3,(H,29,31). The number of halogens is 4.